The average molecular weight is 210 g/mol. The number of rotatable bonds is 1. The van der Waals surface area contributed by atoms with Gasteiger partial charge in [0.2, 0.25) is 0 Å². The highest BCUT2D eigenvalue weighted by Crippen LogP contribution is 2.18. The number of aryl methyl sites for hydroxylation is 1. The number of halogens is 1. The Morgan fingerprint density at radius 1 is 1.55 bits per heavy atom. The first-order valence-corrected chi connectivity index (χ1v) is 4.18. The van der Waals surface area contributed by atoms with Crippen molar-refractivity contribution in [3.05, 3.63) is 33.8 Å². The largest absolute Gasteiger partial charge is 0.332 e. The van der Waals surface area contributed by atoms with Gasteiger partial charge >= 0.3 is 0 Å². The van der Waals surface area contributed by atoms with Gasteiger partial charge in [-0.05, 0) is 30.1 Å². The summed E-state index contributed by atoms with van der Waals surface area (Å²) in [6, 6.07) is 5.86. The summed E-state index contributed by atoms with van der Waals surface area (Å²) in [7, 11) is 5.50. The van der Waals surface area contributed by atoms with Gasteiger partial charge < -0.3 is 5.73 Å². The highest BCUT2D eigenvalue weighted by molar-refractivity contribution is 9.10. The first kappa shape index (κ1) is 8.82. The van der Waals surface area contributed by atoms with E-state index < -0.39 is 0 Å². The van der Waals surface area contributed by atoms with Crippen LogP contribution in [0.15, 0.2) is 22.7 Å². The van der Waals surface area contributed by atoms with Crippen molar-refractivity contribution in [1.82, 2.24) is 0 Å². The minimum Gasteiger partial charge on any atom is -0.332 e. The monoisotopic (exact) mass is 209 g/mol. The molecule has 0 saturated heterocycles. The molecule has 0 aliphatic heterocycles. The van der Waals surface area contributed by atoms with Gasteiger partial charge in [-0.15, -0.1) is 0 Å². The first-order chi connectivity index (χ1) is 5.11. The van der Waals surface area contributed by atoms with Crippen molar-refractivity contribution in [2.24, 2.45) is 5.73 Å². The minimum atomic E-state index is -0.373. The van der Waals surface area contributed by atoms with E-state index in [-0.39, 0.29) is 5.94 Å². The molecule has 0 aliphatic rings. The topological polar surface area (TPSA) is 26.0 Å². The first-order valence-electron chi connectivity index (χ1n) is 3.38. The molecule has 1 aromatic carbocycles. The van der Waals surface area contributed by atoms with E-state index in [1.54, 1.807) is 0 Å². The maximum Gasteiger partial charge on any atom is 0.0968 e. The fraction of sp³-hybridized carbons (Fsp3) is 0.250. The smallest absolute Gasteiger partial charge is 0.0968 e. The SMILES string of the molecule is [B]C(N)c1ccc(Br)c(C)c1. The molecular weight excluding hydrogens is 201 g/mol. The molecule has 56 valence electrons. The third-order valence-corrected chi connectivity index (χ3v) is 2.46. The molecule has 11 heavy (non-hydrogen) atoms. The van der Waals surface area contributed by atoms with Crippen LogP contribution in [0.4, 0.5) is 0 Å². The molecule has 0 fully saturated rings. The second-order valence-electron chi connectivity index (χ2n) is 2.53. The Morgan fingerprint density at radius 3 is 2.64 bits per heavy atom. The summed E-state index contributed by atoms with van der Waals surface area (Å²) in [6.45, 7) is 2.01. The fourth-order valence-corrected chi connectivity index (χ4v) is 1.12. The van der Waals surface area contributed by atoms with E-state index in [1.165, 1.54) is 0 Å². The van der Waals surface area contributed by atoms with Crippen molar-refractivity contribution >= 4 is 23.8 Å². The Balaban J connectivity index is 3.05. The summed E-state index contributed by atoms with van der Waals surface area (Å²) in [5.41, 5.74) is 7.61. The van der Waals surface area contributed by atoms with Gasteiger partial charge in [0, 0.05) is 4.47 Å². The molecule has 1 atom stereocenters. The maximum absolute atomic E-state index is 5.50. The molecule has 2 radical (unpaired) electrons. The molecule has 0 spiro atoms. The van der Waals surface area contributed by atoms with Gasteiger partial charge in [0.15, 0.2) is 0 Å². The van der Waals surface area contributed by atoms with Gasteiger partial charge in [-0.2, -0.15) is 0 Å². The lowest BCUT2D eigenvalue weighted by atomic mass is 9.89. The lowest BCUT2D eigenvalue weighted by molar-refractivity contribution is 1.01. The number of benzene rings is 1. The van der Waals surface area contributed by atoms with E-state index in [4.69, 9.17) is 13.6 Å². The van der Waals surface area contributed by atoms with E-state index in [0.717, 1.165) is 15.6 Å². The van der Waals surface area contributed by atoms with E-state index in [9.17, 15) is 0 Å². The third kappa shape index (κ3) is 2.07. The second kappa shape index (κ2) is 3.41. The molecule has 1 rings (SSSR count). The lowest BCUT2D eigenvalue weighted by Crippen LogP contribution is -2.09. The van der Waals surface area contributed by atoms with Crippen LogP contribution >= 0.6 is 15.9 Å². The molecule has 1 nitrogen and oxygen atoms in total. The summed E-state index contributed by atoms with van der Waals surface area (Å²) in [4.78, 5) is 0. The van der Waals surface area contributed by atoms with Crippen LogP contribution in [0.3, 0.4) is 0 Å². The Kier molecular flexibility index (Phi) is 2.74. The molecular formula is C8H9BBrN. The van der Waals surface area contributed by atoms with Gasteiger partial charge in [-0.3, -0.25) is 0 Å². The minimum absolute atomic E-state index is 0.373. The van der Waals surface area contributed by atoms with E-state index in [2.05, 4.69) is 15.9 Å². The van der Waals surface area contributed by atoms with Crippen molar-refractivity contribution in [1.29, 1.82) is 0 Å². The number of hydrogen-bond donors (Lipinski definition) is 1. The van der Waals surface area contributed by atoms with Crippen LogP contribution < -0.4 is 5.73 Å². The molecule has 0 bridgehead atoms. The Bertz CT molecular complexity index is 260. The Morgan fingerprint density at radius 2 is 2.18 bits per heavy atom. The van der Waals surface area contributed by atoms with Gasteiger partial charge in [0.05, 0.1) is 7.85 Å². The van der Waals surface area contributed by atoms with E-state index in [1.807, 2.05) is 25.1 Å². The van der Waals surface area contributed by atoms with Crippen LogP contribution in [0.1, 0.15) is 17.1 Å². The zero-order valence-corrected chi connectivity index (χ0v) is 7.93. The normalized spacial score (nSPS) is 13.0. The molecule has 0 saturated carbocycles. The highest BCUT2D eigenvalue weighted by Gasteiger charge is 2.00. The summed E-state index contributed by atoms with van der Waals surface area (Å²) in [5, 5.41) is 0. The molecule has 3 heteroatoms. The van der Waals surface area contributed by atoms with Crippen LogP contribution in [-0.4, -0.2) is 7.85 Å². The van der Waals surface area contributed by atoms with Crippen LogP contribution in [0, 0.1) is 6.92 Å². The standard InChI is InChI=1S/C8H9BBrN/c1-5-4-6(8(9)11)2-3-7(5)10/h2-4,8H,11H2,1H3. The zero-order valence-electron chi connectivity index (χ0n) is 6.34. The quantitative estimate of drug-likeness (QED) is 0.703. The molecule has 2 N–H and O–H groups in total. The molecule has 0 aliphatic carbocycles. The van der Waals surface area contributed by atoms with Crippen molar-refractivity contribution in [2.75, 3.05) is 0 Å². The van der Waals surface area contributed by atoms with Crippen LogP contribution in [0.5, 0.6) is 0 Å². The molecule has 1 unspecified atom stereocenters. The maximum atomic E-state index is 5.50. The van der Waals surface area contributed by atoms with Crippen LogP contribution in [-0.2, 0) is 0 Å². The molecule has 1 aromatic rings. The fourth-order valence-electron chi connectivity index (χ4n) is 0.875. The van der Waals surface area contributed by atoms with Gasteiger partial charge in [-0.25, -0.2) is 0 Å². The summed E-state index contributed by atoms with van der Waals surface area (Å²) >= 11 is 3.40. The van der Waals surface area contributed by atoms with Gasteiger partial charge in [0.25, 0.3) is 0 Å². The van der Waals surface area contributed by atoms with E-state index >= 15 is 0 Å². The average Bonchev–Trinajstić information content (AvgIpc) is 1.94. The van der Waals surface area contributed by atoms with E-state index in [0.29, 0.717) is 0 Å². The van der Waals surface area contributed by atoms with Crippen LogP contribution in [0.2, 0.25) is 0 Å². The second-order valence-corrected chi connectivity index (χ2v) is 3.39. The predicted octanol–water partition coefficient (Wildman–Crippen LogP) is 1.88. The zero-order chi connectivity index (χ0) is 8.43. The third-order valence-electron chi connectivity index (χ3n) is 1.57. The van der Waals surface area contributed by atoms with Gasteiger partial charge in [0.1, 0.15) is 0 Å². The van der Waals surface area contributed by atoms with Crippen LogP contribution in [0.25, 0.3) is 0 Å². The number of nitrogens with two attached hydrogens (primary N) is 1. The number of hydrogen-bond acceptors (Lipinski definition) is 1. The highest BCUT2D eigenvalue weighted by atomic mass is 79.9. The summed E-state index contributed by atoms with van der Waals surface area (Å²) in [6.07, 6.45) is 0. The van der Waals surface area contributed by atoms with Crippen molar-refractivity contribution in [3.8, 4) is 0 Å². The lowest BCUT2D eigenvalue weighted by Gasteiger charge is -2.07. The van der Waals surface area contributed by atoms with Crippen molar-refractivity contribution in [2.45, 2.75) is 12.9 Å². The predicted molar refractivity (Wildman–Crippen MR) is 51.6 cm³/mol. The summed E-state index contributed by atoms with van der Waals surface area (Å²) in [5.74, 6) is -0.373. The van der Waals surface area contributed by atoms with Crippen molar-refractivity contribution in [3.63, 3.8) is 0 Å². The molecule has 0 amide bonds. The summed E-state index contributed by atoms with van der Waals surface area (Å²) < 4.78 is 1.09. The van der Waals surface area contributed by atoms with Gasteiger partial charge in [-0.1, -0.05) is 28.1 Å². The Hall–Kier alpha value is -0.275. The Labute approximate surface area is 76.5 Å². The molecule has 0 heterocycles. The van der Waals surface area contributed by atoms with Crippen molar-refractivity contribution < 1.29 is 0 Å². The molecule has 0 aromatic heterocycles.